The zero-order valence-corrected chi connectivity index (χ0v) is 28.9. The van der Waals surface area contributed by atoms with Crippen LogP contribution in [0.2, 0.25) is 15.1 Å². The standard InChI is InChI=1S/C35H36Cl3N3O4S/c1-24(2)21-39-35(43)33(19-26-10-6-4-7-11-26)40(22-27-15-17-30(37)31(38)18-27)34(42)23-41(32-20-28(36)16-14-25(32)3)46(44,45)29-12-8-5-9-13-29/h4-18,20,24,33H,19,21-23H2,1-3H3,(H,39,43). The summed E-state index contributed by atoms with van der Waals surface area (Å²) in [6, 6.07) is 26.1. The Morgan fingerprint density at radius 2 is 1.46 bits per heavy atom. The van der Waals surface area contributed by atoms with Crippen LogP contribution < -0.4 is 9.62 Å². The Bertz CT molecular complexity index is 1770. The van der Waals surface area contributed by atoms with Crippen LogP contribution in [0.1, 0.15) is 30.5 Å². The number of amides is 2. The summed E-state index contributed by atoms with van der Waals surface area (Å²) in [5.74, 6) is -0.786. The highest BCUT2D eigenvalue weighted by atomic mass is 35.5. The fourth-order valence-corrected chi connectivity index (χ4v) is 6.87. The summed E-state index contributed by atoms with van der Waals surface area (Å²) in [4.78, 5) is 29.9. The Balaban J connectivity index is 1.83. The highest BCUT2D eigenvalue weighted by Crippen LogP contribution is 2.30. The van der Waals surface area contributed by atoms with Crippen molar-refractivity contribution in [3.63, 3.8) is 0 Å². The number of hydrogen-bond donors (Lipinski definition) is 1. The third-order valence-corrected chi connectivity index (χ3v) is 10.1. The van der Waals surface area contributed by atoms with Crippen LogP contribution in [-0.4, -0.2) is 44.3 Å². The van der Waals surface area contributed by atoms with Crippen LogP contribution in [0, 0.1) is 12.8 Å². The number of nitrogens with zero attached hydrogens (tertiary/aromatic N) is 2. The number of sulfonamides is 1. The second-order valence-electron chi connectivity index (χ2n) is 11.4. The molecule has 0 aliphatic carbocycles. The maximum atomic E-state index is 14.6. The predicted molar refractivity (Wildman–Crippen MR) is 186 cm³/mol. The molecule has 0 aromatic heterocycles. The van der Waals surface area contributed by atoms with Gasteiger partial charge in [0, 0.05) is 24.5 Å². The molecule has 1 atom stereocenters. The largest absolute Gasteiger partial charge is 0.354 e. The molecule has 1 unspecified atom stereocenters. The van der Waals surface area contributed by atoms with E-state index in [4.69, 9.17) is 34.8 Å². The van der Waals surface area contributed by atoms with E-state index in [1.807, 2.05) is 44.2 Å². The van der Waals surface area contributed by atoms with Crippen LogP contribution in [0.15, 0.2) is 102 Å². The summed E-state index contributed by atoms with van der Waals surface area (Å²) in [7, 11) is -4.25. The van der Waals surface area contributed by atoms with Gasteiger partial charge in [-0.2, -0.15) is 0 Å². The number of nitrogens with one attached hydrogen (secondary N) is 1. The summed E-state index contributed by atoms with van der Waals surface area (Å²) in [5.41, 5.74) is 2.30. The fraction of sp³-hybridized carbons (Fsp3) is 0.257. The summed E-state index contributed by atoms with van der Waals surface area (Å²) in [5, 5.41) is 3.91. The van der Waals surface area contributed by atoms with Crippen molar-refractivity contribution in [3.05, 3.63) is 129 Å². The molecule has 4 rings (SSSR count). The monoisotopic (exact) mass is 699 g/mol. The first-order valence-corrected chi connectivity index (χ1v) is 17.3. The van der Waals surface area contributed by atoms with Gasteiger partial charge in [0.15, 0.2) is 0 Å². The molecule has 4 aromatic rings. The summed E-state index contributed by atoms with van der Waals surface area (Å²) >= 11 is 18.9. The summed E-state index contributed by atoms with van der Waals surface area (Å²) in [6.07, 6.45) is 0.194. The molecule has 0 heterocycles. The van der Waals surface area contributed by atoms with Gasteiger partial charge in [-0.1, -0.05) is 109 Å². The van der Waals surface area contributed by atoms with Crippen molar-refractivity contribution in [1.29, 1.82) is 0 Å². The van der Waals surface area contributed by atoms with Gasteiger partial charge in [0.05, 0.1) is 20.6 Å². The Labute approximate surface area is 286 Å². The summed E-state index contributed by atoms with van der Waals surface area (Å²) < 4.78 is 29.4. The van der Waals surface area contributed by atoms with Gasteiger partial charge in [0.1, 0.15) is 12.6 Å². The first-order valence-electron chi connectivity index (χ1n) is 14.8. The van der Waals surface area contributed by atoms with E-state index in [-0.39, 0.29) is 35.4 Å². The van der Waals surface area contributed by atoms with Gasteiger partial charge in [-0.15, -0.1) is 0 Å². The molecule has 1 N–H and O–H groups in total. The van der Waals surface area contributed by atoms with Gasteiger partial charge in [-0.05, 0) is 65.9 Å². The van der Waals surface area contributed by atoms with Gasteiger partial charge in [0.25, 0.3) is 10.0 Å². The van der Waals surface area contributed by atoms with Crippen molar-refractivity contribution in [2.45, 2.75) is 44.7 Å². The minimum atomic E-state index is -4.25. The molecule has 0 aliphatic rings. The molecule has 0 fully saturated rings. The van der Waals surface area contributed by atoms with Crippen LogP contribution >= 0.6 is 34.8 Å². The van der Waals surface area contributed by atoms with Crippen LogP contribution in [0.4, 0.5) is 5.69 Å². The van der Waals surface area contributed by atoms with Crippen molar-refractivity contribution in [2.24, 2.45) is 5.92 Å². The molecule has 4 aromatic carbocycles. The molecule has 0 spiro atoms. The van der Waals surface area contributed by atoms with Gasteiger partial charge >= 0.3 is 0 Å². The minimum Gasteiger partial charge on any atom is -0.354 e. The third-order valence-electron chi connectivity index (χ3n) is 7.34. The van der Waals surface area contributed by atoms with E-state index in [9.17, 15) is 18.0 Å². The molecule has 0 radical (unpaired) electrons. The fourth-order valence-electron chi connectivity index (χ4n) is 4.90. The van der Waals surface area contributed by atoms with Gasteiger partial charge in [0.2, 0.25) is 11.8 Å². The number of rotatable bonds is 13. The van der Waals surface area contributed by atoms with E-state index in [1.165, 1.54) is 23.1 Å². The van der Waals surface area contributed by atoms with Crippen molar-refractivity contribution >= 4 is 62.3 Å². The Morgan fingerprint density at radius 1 is 0.804 bits per heavy atom. The number of benzene rings is 4. The van der Waals surface area contributed by atoms with Crippen molar-refractivity contribution < 1.29 is 18.0 Å². The van der Waals surface area contributed by atoms with Crippen molar-refractivity contribution in [2.75, 3.05) is 17.4 Å². The molecule has 0 saturated heterocycles. The van der Waals surface area contributed by atoms with Crippen LogP contribution in [0.25, 0.3) is 0 Å². The van der Waals surface area contributed by atoms with Crippen LogP contribution in [-0.2, 0) is 32.6 Å². The second-order valence-corrected chi connectivity index (χ2v) is 14.5. The van der Waals surface area contributed by atoms with Crippen molar-refractivity contribution in [3.8, 4) is 0 Å². The SMILES string of the molecule is Cc1ccc(Cl)cc1N(CC(=O)N(Cc1ccc(Cl)c(Cl)c1)C(Cc1ccccc1)C(=O)NCC(C)C)S(=O)(=O)c1ccccc1. The lowest BCUT2D eigenvalue weighted by Crippen LogP contribution is -2.53. The Morgan fingerprint density at radius 3 is 2.09 bits per heavy atom. The number of anilines is 1. The zero-order valence-electron chi connectivity index (χ0n) is 25.8. The van der Waals surface area contributed by atoms with E-state index in [0.29, 0.717) is 32.7 Å². The summed E-state index contributed by atoms with van der Waals surface area (Å²) in [6.45, 7) is 5.47. The lowest BCUT2D eigenvalue weighted by molar-refractivity contribution is -0.140. The highest BCUT2D eigenvalue weighted by Gasteiger charge is 2.35. The number of aryl methyl sites for hydroxylation is 1. The number of halogens is 3. The quantitative estimate of drug-likeness (QED) is 0.156. The molecular formula is C35H36Cl3N3O4S. The smallest absolute Gasteiger partial charge is 0.264 e. The lowest BCUT2D eigenvalue weighted by atomic mass is 10.0. The first-order chi connectivity index (χ1) is 21.9. The maximum Gasteiger partial charge on any atom is 0.264 e. The average molecular weight is 701 g/mol. The normalized spacial score (nSPS) is 12.1. The number of carbonyl (C=O) groups excluding carboxylic acids is 2. The third kappa shape index (κ3) is 9.04. The highest BCUT2D eigenvalue weighted by molar-refractivity contribution is 7.92. The van der Waals surface area contributed by atoms with E-state index in [0.717, 1.165) is 9.87 Å². The van der Waals surface area contributed by atoms with Crippen LogP contribution in [0.5, 0.6) is 0 Å². The van der Waals surface area contributed by atoms with E-state index in [1.54, 1.807) is 55.5 Å². The number of hydrogen-bond acceptors (Lipinski definition) is 4. The molecule has 11 heteroatoms. The maximum absolute atomic E-state index is 14.6. The van der Waals surface area contributed by atoms with E-state index < -0.39 is 28.5 Å². The molecule has 0 bridgehead atoms. The molecule has 0 aliphatic heterocycles. The van der Waals surface area contributed by atoms with Crippen molar-refractivity contribution in [1.82, 2.24) is 10.2 Å². The zero-order chi connectivity index (χ0) is 33.4. The molecule has 242 valence electrons. The molecule has 7 nitrogen and oxygen atoms in total. The molecular weight excluding hydrogens is 665 g/mol. The predicted octanol–water partition coefficient (Wildman–Crippen LogP) is 7.56. The second kappa shape index (κ2) is 15.8. The van der Waals surface area contributed by atoms with Gasteiger partial charge in [-0.25, -0.2) is 8.42 Å². The Kier molecular flexibility index (Phi) is 12.1. The molecule has 2 amide bonds. The van der Waals surface area contributed by atoms with E-state index in [2.05, 4.69) is 5.32 Å². The topological polar surface area (TPSA) is 86.8 Å². The average Bonchev–Trinajstić information content (AvgIpc) is 3.04. The first kappa shape index (κ1) is 35.3. The van der Waals surface area contributed by atoms with Gasteiger partial charge < -0.3 is 10.2 Å². The Hall–Kier alpha value is -3.56. The lowest BCUT2D eigenvalue weighted by Gasteiger charge is -2.34. The number of carbonyl (C=O) groups is 2. The molecule has 0 saturated carbocycles. The van der Waals surface area contributed by atoms with Crippen LogP contribution in [0.3, 0.4) is 0 Å². The molecule has 46 heavy (non-hydrogen) atoms. The van der Waals surface area contributed by atoms with Gasteiger partial charge in [-0.3, -0.25) is 13.9 Å². The minimum absolute atomic E-state index is 0.00807. The van der Waals surface area contributed by atoms with E-state index >= 15 is 0 Å².